The predicted octanol–water partition coefficient (Wildman–Crippen LogP) is 2.27. The van der Waals surface area contributed by atoms with Crippen LogP contribution in [0.5, 0.6) is 0 Å². The lowest BCUT2D eigenvalue weighted by atomic mass is 10.1. The first-order valence-corrected chi connectivity index (χ1v) is 7.31. The Labute approximate surface area is 122 Å². The molecule has 0 aromatic heterocycles. The molecule has 0 aliphatic carbocycles. The van der Waals surface area contributed by atoms with Gasteiger partial charge in [0.1, 0.15) is 6.04 Å². The SMILES string of the molecule is CCCC(C)NC(=O)C(C)N(C)c1cccc(CN)c1. The highest BCUT2D eigenvalue weighted by Gasteiger charge is 2.19. The largest absolute Gasteiger partial charge is 0.363 e. The number of rotatable bonds is 7. The highest BCUT2D eigenvalue weighted by atomic mass is 16.2. The summed E-state index contributed by atoms with van der Waals surface area (Å²) < 4.78 is 0. The Bertz CT molecular complexity index is 433. The summed E-state index contributed by atoms with van der Waals surface area (Å²) in [6, 6.07) is 8.00. The van der Waals surface area contributed by atoms with Gasteiger partial charge in [-0.25, -0.2) is 0 Å². The monoisotopic (exact) mass is 277 g/mol. The number of nitrogens with two attached hydrogens (primary N) is 1. The van der Waals surface area contributed by atoms with Gasteiger partial charge in [-0.15, -0.1) is 0 Å². The van der Waals surface area contributed by atoms with Crippen molar-refractivity contribution in [3.63, 3.8) is 0 Å². The van der Waals surface area contributed by atoms with Crippen molar-refractivity contribution in [2.45, 2.75) is 52.2 Å². The smallest absolute Gasteiger partial charge is 0.242 e. The minimum Gasteiger partial charge on any atom is -0.363 e. The number of likely N-dealkylation sites (N-methyl/N-ethyl adjacent to an activating group) is 1. The van der Waals surface area contributed by atoms with Gasteiger partial charge < -0.3 is 16.0 Å². The number of benzene rings is 1. The molecule has 0 fully saturated rings. The molecule has 20 heavy (non-hydrogen) atoms. The summed E-state index contributed by atoms with van der Waals surface area (Å²) >= 11 is 0. The van der Waals surface area contributed by atoms with E-state index in [2.05, 4.69) is 12.2 Å². The Morgan fingerprint density at radius 2 is 2.10 bits per heavy atom. The molecule has 1 aromatic carbocycles. The molecular weight excluding hydrogens is 250 g/mol. The Hall–Kier alpha value is -1.55. The molecule has 1 aromatic rings. The quantitative estimate of drug-likeness (QED) is 0.804. The number of carbonyl (C=O) groups excluding carboxylic acids is 1. The van der Waals surface area contributed by atoms with Crippen LogP contribution in [-0.4, -0.2) is 25.0 Å². The molecule has 0 aliphatic heterocycles. The summed E-state index contributed by atoms with van der Waals surface area (Å²) in [5, 5.41) is 3.05. The lowest BCUT2D eigenvalue weighted by Crippen LogP contribution is -2.46. The van der Waals surface area contributed by atoms with Crippen molar-refractivity contribution in [2.75, 3.05) is 11.9 Å². The summed E-state index contributed by atoms with van der Waals surface area (Å²) in [4.78, 5) is 14.2. The highest BCUT2D eigenvalue weighted by molar-refractivity contribution is 5.84. The summed E-state index contributed by atoms with van der Waals surface area (Å²) in [5.41, 5.74) is 7.74. The molecule has 1 rings (SSSR count). The first kappa shape index (κ1) is 16.5. The summed E-state index contributed by atoms with van der Waals surface area (Å²) in [6.07, 6.45) is 2.08. The Balaban J connectivity index is 2.69. The van der Waals surface area contributed by atoms with Crippen LogP contribution < -0.4 is 16.0 Å². The van der Waals surface area contributed by atoms with Gasteiger partial charge in [-0.1, -0.05) is 25.5 Å². The predicted molar refractivity (Wildman–Crippen MR) is 84.7 cm³/mol. The van der Waals surface area contributed by atoms with Gasteiger partial charge in [-0.2, -0.15) is 0 Å². The molecule has 2 atom stereocenters. The van der Waals surface area contributed by atoms with Crippen molar-refractivity contribution in [1.82, 2.24) is 5.32 Å². The number of anilines is 1. The number of nitrogens with zero attached hydrogens (tertiary/aromatic N) is 1. The Morgan fingerprint density at radius 1 is 1.40 bits per heavy atom. The van der Waals surface area contributed by atoms with Crippen LogP contribution in [0.25, 0.3) is 0 Å². The van der Waals surface area contributed by atoms with E-state index in [0.29, 0.717) is 6.54 Å². The zero-order valence-corrected chi connectivity index (χ0v) is 13.0. The maximum atomic E-state index is 12.2. The van der Waals surface area contributed by atoms with Crippen LogP contribution in [-0.2, 0) is 11.3 Å². The van der Waals surface area contributed by atoms with E-state index in [1.54, 1.807) is 0 Å². The minimum absolute atomic E-state index is 0.0617. The van der Waals surface area contributed by atoms with E-state index in [0.717, 1.165) is 24.1 Å². The zero-order chi connectivity index (χ0) is 15.1. The molecule has 4 heteroatoms. The van der Waals surface area contributed by atoms with Gasteiger partial charge >= 0.3 is 0 Å². The number of carbonyl (C=O) groups is 1. The normalized spacial score (nSPS) is 13.7. The molecule has 0 radical (unpaired) electrons. The Morgan fingerprint density at radius 3 is 2.70 bits per heavy atom. The fourth-order valence-electron chi connectivity index (χ4n) is 2.17. The molecule has 2 unspecified atom stereocenters. The standard InChI is InChI=1S/C16H27N3O/c1-5-7-12(2)18-16(20)13(3)19(4)15-9-6-8-14(10-15)11-17/h6,8-10,12-13H,5,7,11,17H2,1-4H3,(H,18,20). The molecule has 0 bridgehead atoms. The number of amides is 1. The van der Waals surface area contributed by atoms with Gasteiger partial charge in [-0.05, 0) is 38.0 Å². The van der Waals surface area contributed by atoms with Crippen molar-refractivity contribution in [3.8, 4) is 0 Å². The van der Waals surface area contributed by atoms with Crippen LogP contribution in [0.15, 0.2) is 24.3 Å². The number of hydrogen-bond donors (Lipinski definition) is 2. The molecular formula is C16H27N3O. The second-order valence-corrected chi connectivity index (χ2v) is 5.36. The third-order valence-corrected chi connectivity index (χ3v) is 3.62. The number of hydrogen-bond acceptors (Lipinski definition) is 3. The summed E-state index contributed by atoms with van der Waals surface area (Å²) in [5.74, 6) is 0.0617. The van der Waals surface area contributed by atoms with Crippen molar-refractivity contribution in [1.29, 1.82) is 0 Å². The van der Waals surface area contributed by atoms with Gasteiger partial charge in [0.2, 0.25) is 5.91 Å². The van der Waals surface area contributed by atoms with E-state index in [4.69, 9.17) is 5.73 Å². The number of nitrogens with one attached hydrogen (secondary N) is 1. The molecule has 0 aliphatic rings. The van der Waals surface area contributed by atoms with Gasteiger partial charge in [0, 0.05) is 25.3 Å². The van der Waals surface area contributed by atoms with E-state index in [-0.39, 0.29) is 18.0 Å². The van der Waals surface area contributed by atoms with Crippen LogP contribution in [0, 0.1) is 0 Å². The van der Waals surface area contributed by atoms with Gasteiger partial charge in [0.05, 0.1) is 0 Å². The molecule has 1 amide bonds. The van der Waals surface area contributed by atoms with Gasteiger partial charge in [0.15, 0.2) is 0 Å². The second kappa shape index (κ2) is 7.90. The van der Waals surface area contributed by atoms with Crippen LogP contribution >= 0.6 is 0 Å². The van der Waals surface area contributed by atoms with Crippen molar-refractivity contribution < 1.29 is 4.79 Å². The van der Waals surface area contributed by atoms with Gasteiger partial charge in [0.25, 0.3) is 0 Å². The van der Waals surface area contributed by atoms with Gasteiger partial charge in [-0.3, -0.25) is 4.79 Å². The molecule has 4 nitrogen and oxygen atoms in total. The van der Waals surface area contributed by atoms with E-state index in [1.807, 2.05) is 50.1 Å². The maximum Gasteiger partial charge on any atom is 0.242 e. The second-order valence-electron chi connectivity index (χ2n) is 5.36. The van der Waals surface area contributed by atoms with E-state index >= 15 is 0 Å². The average Bonchev–Trinajstić information content (AvgIpc) is 2.45. The van der Waals surface area contributed by atoms with E-state index in [9.17, 15) is 4.79 Å². The van der Waals surface area contributed by atoms with E-state index < -0.39 is 0 Å². The molecule has 112 valence electrons. The molecule has 0 heterocycles. The van der Waals surface area contributed by atoms with Crippen LogP contribution in [0.4, 0.5) is 5.69 Å². The fraction of sp³-hybridized carbons (Fsp3) is 0.562. The lowest BCUT2D eigenvalue weighted by Gasteiger charge is -2.27. The Kier molecular flexibility index (Phi) is 6.52. The average molecular weight is 277 g/mol. The fourth-order valence-corrected chi connectivity index (χ4v) is 2.17. The molecule has 0 saturated heterocycles. The minimum atomic E-state index is -0.206. The summed E-state index contributed by atoms with van der Waals surface area (Å²) in [7, 11) is 1.93. The van der Waals surface area contributed by atoms with Crippen LogP contribution in [0.2, 0.25) is 0 Å². The molecule has 3 N–H and O–H groups in total. The lowest BCUT2D eigenvalue weighted by molar-refractivity contribution is -0.122. The molecule has 0 saturated carbocycles. The van der Waals surface area contributed by atoms with Crippen molar-refractivity contribution in [2.24, 2.45) is 5.73 Å². The first-order chi connectivity index (χ1) is 9.49. The van der Waals surface area contributed by atoms with Crippen molar-refractivity contribution in [3.05, 3.63) is 29.8 Å². The molecule has 0 spiro atoms. The summed E-state index contributed by atoms with van der Waals surface area (Å²) in [6.45, 7) is 6.60. The topological polar surface area (TPSA) is 58.4 Å². The zero-order valence-electron chi connectivity index (χ0n) is 13.0. The maximum absolute atomic E-state index is 12.2. The third-order valence-electron chi connectivity index (χ3n) is 3.62. The van der Waals surface area contributed by atoms with E-state index in [1.165, 1.54) is 0 Å². The first-order valence-electron chi connectivity index (χ1n) is 7.31. The van der Waals surface area contributed by atoms with Crippen LogP contribution in [0.1, 0.15) is 39.2 Å². The third kappa shape index (κ3) is 4.53. The van der Waals surface area contributed by atoms with Crippen molar-refractivity contribution >= 4 is 11.6 Å². The highest BCUT2D eigenvalue weighted by Crippen LogP contribution is 2.17. The van der Waals surface area contributed by atoms with Crippen LogP contribution in [0.3, 0.4) is 0 Å².